The Morgan fingerprint density at radius 3 is 2.40 bits per heavy atom. The van der Waals surface area contributed by atoms with E-state index in [9.17, 15) is 15.4 Å². The van der Waals surface area contributed by atoms with Crippen molar-refractivity contribution in [2.45, 2.75) is 0 Å². The number of hydrogen-bond donors (Lipinski definition) is 0. The van der Waals surface area contributed by atoms with E-state index in [1.165, 1.54) is 12.1 Å². The maximum Gasteiger partial charge on any atom is 0.269 e. The summed E-state index contributed by atoms with van der Waals surface area (Å²) in [6, 6.07) is 19.8. The number of rotatable bonds is 4. The Kier molecular flexibility index (Phi) is 4.44. The zero-order valence-electron chi connectivity index (χ0n) is 13.5. The molecule has 0 aliphatic heterocycles. The summed E-state index contributed by atoms with van der Waals surface area (Å²) in [7, 11) is 1.63. The smallest absolute Gasteiger partial charge is 0.269 e. The number of non-ortho nitro benzene ring substituents is 1. The van der Waals surface area contributed by atoms with E-state index in [1.807, 2.05) is 36.4 Å². The van der Waals surface area contributed by atoms with Crippen LogP contribution in [-0.2, 0) is 0 Å². The fourth-order valence-corrected chi connectivity index (χ4v) is 2.57. The van der Waals surface area contributed by atoms with Crippen molar-refractivity contribution >= 4 is 28.1 Å². The Hall–Kier alpha value is -3.65. The highest BCUT2D eigenvalue weighted by Crippen LogP contribution is 2.25. The molecule has 3 rings (SSSR count). The normalized spacial score (nSPS) is 11.1. The fourth-order valence-electron chi connectivity index (χ4n) is 2.57. The Morgan fingerprint density at radius 1 is 1.08 bits per heavy atom. The van der Waals surface area contributed by atoms with Gasteiger partial charge in [0.2, 0.25) is 0 Å². The molecule has 3 aromatic rings. The Bertz CT molecular complexity index is 1020. The van der Waals surface area contributed by atoms with Gasteiger partial charge in [0.05, 0.1) is 23.7 Å². The lowest BCUT2D eigenvalue weighted by atomic mass is 10.0. The number of fused-ring (bicyclic) bond motifs is 1. The molecule has 0 fully saturated rings. The number of methoxy groups -OCH3 is 1. The molecule has 0 unspecified atom stereocenters. The number of nitro benzene ring substituents is 1. The van der Waals surface area contributed by atoms with Gasteiger partial charge in [-0.1, -0.05) is 18.2 Å². The van der Waals surface area contributed by atoms with Gasteiger partial charge in [-0.25, -0.2) is 0 Å². The first kappa shape index (κ1) is 16.2. The van der Waals surface area contributed by atoms with Crippen molar-refractivity contribution in [2.24, 2.45) is 0 Å². The zero-order chi connectivity index (χ0) is 17.8. The highest BCUT2D eigenvalue weighted by Gasteiger charge is 2.07. The van der Waals surface area contributed by atoms with Gasteiger partial charge >= 0.3 is 0 Å². The molecule has 0 spiro atoms. The van der Waals surface area contributed by atoms with Crippen molar-refractivity contribution in [1.82, 2.24) is 0 Å². The monoisotopic (exact) mass is 330 g/mol. The summed E-state index contributed by atoms with van der Waals surface area (Å²) in [6.45, 7) is 0. The van der Waals surface area contributed by atoms with Crippen molar-refractivity contribution in [1.29, 1.82) is 5.26 Å². The summed E-state index contributed by atoms with van der Waals surface area (Å²) in [5.41, 5.74) is 1.97. The van der Waals surface area contributed by atoms with Crippen LogP contribution in [0.2, 0.25) is 0 Å². The minimum atomic E-state index is -0.461. The molecule has 0 saturated carbocycles. The van der Waals surface area contributed by atoms with Crippen LogP contribution in [0.3, 0.4) is 0 Å². The van der Waals surface area contributed by atoms with E-state index in [0.717, 1.165) is 22.1 Å². The van der Waals surface area contributed by atoms with Gasteiger partial charge in [-0.15, -0.1) is 0 Å². The number of allylic oxidation sites excluding steroid dienone is 1. The van der Waals surface area contributed by atoms with Crippen LogP contribution < -0.4 is 4.74 Å². The lowest BCUT2D eigenvalue weighted by Crippen LogP contribution is -1.88. The lowest BCUT2D eigenvalue weighted by molar-refractivity contribution is -0.384. The molecule has 0 aliphatic rings. The molecule has 0 atom stereocenters. The predicted octanol–water partition coefficient (Wildman–Crippen LogP) is 4.82. The van der Waals surface area contributed by atoms with E-state index in [0.29, 0.717) is 11.1 Å². The number of ether oxygens (including phenoxy) is 1. The second-order valence-electron chi connectivity index (χ2n) is 5.45. The third kappa shape index (κ3) is 3.48. The largest absolute Gasteiger partial charge is 0.497 e. The van der Waals surface area contributed by atoms with Gasteiger partial charge in [0, 0.05) is 12.1 Å². The Labute approximate surface area is 144 Å². The number of nitro groups is 1. The van der Waals surface area contributed by atoms with Crippen LogP contribution in [0.5, 0.6) is 5.75 Å². The molecule has 0 amide bonds. The third-order valence-corrected chi connectivity index (χ3v) is 3.89. The van der Waals surface area contributed by atoms with E-state index >= 15 is 0 Å². The molecule has 0 saturated heterocycles. The molecule has 122 valence electrons. The number of hydrogen-bond acceptors (Lipinski definition) is 4. The van der Waals surface area contributed by atoms with E-state index in [1.54, 1.807) is 25.3 Å². The molecular weight excluding hydrogens is 316 g/mol. The van der Waals surface area contributed by atoms with Crippen LogP contribution in [0.25, 0.3) is 22.4 Å². The van der Waals surface area contributed by atoms with Gasteiger partial charge in [0.25, 0.3) is 5.69 Å². The summed E-state index contributed by atoms with van der Waals surface area (Å²) in [4.78, 5) is 10.3. The standard InChI is InChI=1S/C20H14N2O3/c1-25-20-9-6-16-10-14(2-3-17(16)12-20)11-18(13-21)15-4-7-19(8-5-15)22(23)24/h2-12H,1H3. The van der Waals surface area contributed by atoms with Crippen LogP contribution in [0.1, 0.15) is 11.1 Å². The molecule has 0 N–H and O–H groups in total. The molecule has 3 aromatic carbocycles. The first-order chi connectivity index (χ1) is 12.1. The molecule has 0 aromatic heterocycles. The summed E-state index contributed by atoms with van der Waals surface area (Å²) >= 11 is 0. The molecule has 0 bridgehead atoms. The lowest BCUT2D eigenvalue weighted by Gasteiger charge is -2.04. The minimum absolute atomic E-state index is 0.000641. The Balaban J connectivity index is 1.97. The predicted molar refractivity (Wildman–Crippen MR) is 97.1 cm³/mol. The van der Waals surface area contributed by atoms with E-state index in [-0.39, 0.29) is 5.69 Å². The molecule has 0 heterocycles. The highest BCUT2D eigenvalue weighted by atomic mass is 16.6. The summed E-state index contributed by atoms with van der Waals surface area (Å²) in [6.07, 6.45) is 1.77. The quantitative estimate of drug-likeness (QED) is 0.297. The maximum atomic E-state index is 10.7. The first-order valence-corrected chi connectivity index (χ1v) is 7.55. The minimum Gasteiger partial charge on any atom is -0.497 e. The van der Waals surface area contributed by atoms with E-state index < -0.39 is 4.92 Å². The van der Waals surface area contributed by atoms with Crippen molar-refractivity contribution in [2.75, 3.05) is 7.11 Å². The number of nitrogens with zero attached hydrogens (tertiary/aromatic N) is 2. The van der Waals surface area contributed by atoms with Gasteiger partial charge in [-0.3, -0.25) is 10.1 Å². The summed E-state index contributed by atoms with van der Waals surface area (Å²) in [5.74, 6) is 0.791. The average Bonchev–Trinajstić information content (AvgIpc) is 2.65. The molecule has 5 nitrogen and oxygen atoms in total. The topological polar surface area (TPSA) is 76.2 Å². The zero-order valence-corrected chi connectivity index (χ0v) is 13.5. The second kappa shape index (κ2) is 6.85. The maximum absolute atomic E-state index is 10.7. The van der Waals surface area contributed by atoms with Gasteiger partial charge in [-0.2, -0.15) is 5.26 Å². The first-order valence-electron chi connectivity index (χ1n) is 7.55. The molecule has 0 aliphatic carbocycles. The van der Waals surface area contributed by atoms with Gasteiger partial charge in [-0.05, 0) is 58.3 Å². The fraction of sp³-hybridized carbons (Fsp3) is 0.0500. The third-order valence-electron chi connectivity index (χ3n) is 3.89. The molecule has 25 heavy (non-hydrogen) atoms. The van der Waals surface area contributed by atoms with E-state index in [4.69, 9.17) is 4.74 Å². The molecular formula is C20H14N2O3. The summed E-state index contributed by atoms with van der Waals surface area (Å²) in [5, 5.41) is 22.2. The van der Waals surface area contributed by atoms with Crippen LogP contribution in [0, 0.1) is 21.4 Å². The van der Waals surface area contributed by atoms with Crippen molar-refractivity contribution in [3.8, 4) is 11.8 Å². The van der Waals surface area contributed by atoms with Gasteiger partial charge in [0.1, 0.15) is 5.75 Å². The molecule has 5 heteroatoms. The van der Waals surface area contributed by atoms with Crippen LogP contribution in [0.15, 0.2) is 60.7 Å². The van der Waals surface area contributed by atoms with Crippen LogP contribution in [0.4, 0.5) is 5.69 Å². The van der Waals surface area contributed by atoms with E-state index in [2.05, 4.69) is 6.07 Å². The van der Waals surface area contributed by atoms with Gasteiger partial charge in [0.15, 0.2) is 0 Å². The van der Waals surface area contributed by atoms with Gasteiger partial charge < -0.3 is 4.74 Å². The summed E-state index contributed by atoms with van der Waals surface area (Å²) < 4.78 is 5.22. The Morgan fingerprint density at radius 2 is 1.76 bits per heavy atom. The number of benzene rings is 3. The van der Waals surface area contributed by atoms with Crippen LogP contribution in [-0.4, -0.2) is 12.0 Å². The SMILES string of the molecule is COc1ccc2cc(C=C(C#N)c3ccc([N+](=O)[O-])cc3)ccc2c1. The van der Waals surface area contributed by atoms with Crippen molar-refractivity contribution in [3.63, 3.8) is 0 Å². The highest BCUT2D eigenvalue weighted by molar-refractivity contribution is 5.93. The average molecular weight is 330 g/mol. The molecule has 0 radical (unpaired) electrons. The van der Waals surface area contributed by atoms with Crippen molar-refractivity contribution < 1.29 is 9.66 Å². The second-order valence-corrected chi connectivity index (χ2v) is 5.45. The van der Waals surface area contributed by atoms with Crippen molar-refractivity contribution in [3.05, 3.63) is 81.9 Å². The van der Waals surface area contributed by atoms with Crippen LogP contribution >= 0.6 is 0 Å². The number of nitriles is 1.